The number of rotatable bonds is 6. The molecule has 4 heteroatoms. The van der Waals surface area contributed by atoms with Crippen LogP contribution in [0.3, 0.4) is 0 Å². The highest BCUT2D eigenvalue weighted by Crippen LogP contribution is 2.25. The van der Waals surface area contributed by atoms with Crippen LogP contribution in [0.5, 0.6) is 11.5 Å². The van der Waals surface area contributed by atoms with E-state index in [0.717, 1.165) is 28.1 Å². The lowest BCUT2D eigenvalue weighted by Gasteiger charge is -2.14. The smallest absolute Gasteiger partial charge is 0.255 e. The molecule has 0 heterocycles. The minimum absolute atomic E-state index is 0.155. The van der Waals surface area contributed by atoms with Crippen molar-refractivity contribution < 1.29 is 14.3 Å². The number of aryl methyl sites for hydroxylation is 4. The zero-order valence-corrected chi connectivity index (χ0v) is 17.6. The maximum atomic E-state index is 12.8. The van der Waals surface area contributed by atoms with E-state index in [-0.39, 0.29) is 5.91 Å². The summed E-state index contributed by atoms with van der Waals surface area (Å²) < 4.78 is 11.4. The Morgan fingerprint density at radius 2 is 1.59 bits per heavy atom. The molecule has 3 aromatic rings. The van der Waals surface area contributed by atoms with Gasteiger partial charge in [-0.05, 0) is 80.3 Å². The first-order chi connectivity index (χ1) is 13.9. The predicted octanol–water partition coefficient (Wildman–Crippen LogP) is 5.76. The summed E-state index contributed by atoms with van der Waals surface area (Å²) in [6, 6.07) is 17.3. The van der Waals surface area contributed by atoms with Crippen LogP contribution in [0.4, 0.5) is 5.69 Å². The van der Waals surface area contributed by atoms with Crippen LogP contribution in [-0.4, -0.2) is 13.0 Å². The molecular formula is C25H27NO3. The molecule has 1 N–H and O–H groups in total. The number of ether oxygens (including phenoxy) is 2. The Morgan fingerprint density at radius 1 is 0.862 bits per heavy atom. The van der Waals surface area contributed by atoms with Gasteiger partial charge in [-0.3, -0.25) is 4.79 Å². The average molecular weight is 389 g/mol. The Hall–Kier alpha value is -3.27. The van der Waals surface area contributed by atoms with Gasteiger partial charge in [-0.2, -0.15) is 0 Å². The van der Waals surface area contributed by atoms with Crippen LogP contribution in [0.25, 0.3) is 0 Å². The van der Waals surface area contributed by atoms with E-state index in [2.05, 4.69) is 19.2 Å². The molecule has 3 rings (SSSR count). The van der Waals surface area contributed by atoms with Crippen LogP contribution in [-0.2, 0) is 6.61 Å². The Kier molecular flexibility index (Phi) is 6.23. The van der Waals surface area contributed by atoms with Gasteiger partial charge in [0.15, 0.2) is 0 Å². The molecule has 0 aliphatic heterocycles. The van der Waals surface area contributed by atoms with Gasteiger partial charge in [0.05, 0.1) is 7.11 Å². The molecule has 0 fully saturated rings. The number of methoxy groups -OCH3 is 1. The van der Waals surface area contributed by atoms with Crippen molar-refractivity contribution in [2.45, 2.75) is 34.3 Å². The second kappa shape index (κ2) is 8.82. The molecule has 29 heavy (non-hydrogen) atoms. The molecule has 150 valence electrons. The average Bonchev–Trinajstić information content (AvgIpc) is 2.71. The lowest BCUT2D eigenvalue weighted by atomic mass is 10.1. The molecule has 0 unspecified atom stereocenters. The van der Waals surface area contributed by atoms with Crippen molar-refractivity contribution in [3.05, 3.63) is 88.0 Å². The summed E-state index contributed by atoms with van der Waals surface area (Å²) in [7, 11) is 1.62. The molecule has 0 saturated heterocycles. The van der Waals surface area contributed by atoms with Crippen molar-refractivity contribution in [3.63, 3.8) is 0 Å². The molecule has 0 radical (unpaired) electrons. The van der Waals surface area contributed by atoms with Crippen LogP contribution in [0.2, 0.25) is 0 Å². The first kappa shape index (κ1) is 20.5. The van der Waals surface area contributed by atoms with E-state index < -0.39 is 0 Å². The molecule has 0 bridgehead atoms. The lowest BCUT2D eigenvalue weighted by Crippen LogP contribution is -2.14. The van der Waals surface area contributed by atoms with Gasteiger partial charge in [0, 0.05) is 16.8 Å². The molecule has 0 aliphatic carbocycles. The number of hydrogen-bond donors (Lipinski definition) is 1. The van der Waals surface area contributed by atoms with E-state index in [4.69, 9.17) is 9.47 Å². The van der Waals surface area contributed by atoms with E-state index in [9.17, 15) is 4.79 Å². The molecule has 3 aromatic carbocycles. The first-order valence-electron chi connectivity index (χ1n) is 9.63. The summed E-state index contributed by atoms with van der Waals surface area (Å²) in [6.07, 6.45) is 0. The molecule has 0 saturated carbocycles. The highest BCUT2D eigenvalue weighted by Gasteiger charge is 2.13. The molecule has 0 aromatic heterocycles. The van der Waals surface area contributed by atoms with Gasteiger partial charge in [0.2, 0.25) is 0 Å². The van der Waals surface area contributed by atoms with Crippen LogP contribution in [0, 0.1) is 27.7 Å². The van der Waals surface area contributed by atoms with E-state index in [1.54, 1.807) is 19.2 Å². The van der Waals surface area contributed by atoms with Crippen LogP contribution in [0.1, 0.15) is 38.2 Å². The topological polar surface area (TPSA) is 47.6 Å². The fourth-order valence-corrected chi connectivity index (χ4v) is 3.19. The zero-order valence-electron chi connectivity index (χ0n) is 17.6. The summed E-state index contributed by atoms with van der Waals surface area (Å²) in [5.41, 5.74) is 6.69. The van der Waals surface area contributed by atoms with Gasteiger partial charge < -0.3 is 14.8 Å². The SMILES string of the molecule is COc1ccc(C(=O)Nc2c(C)cccc2C)cc1COc1ccc(C)c(C)c1. The molecule has 4 nitrogen and oxygen atoms in total. The Labute approximate surface area is 172 Å². The molecular weight excluding hydrogens is 362 g/mol. The standard InChI is InChI=1S/C25H27NO3/c1-16-9-11-22(13-19(16)4)29-15-21-14-20(10-12-23(21)28-5)25(27)26-24-17(2)7-6-8-18(24)3/h6-14H,15H2,1-5H3,(H,26,27). The van der Waals surface area contributed by atoms with Gasteiger partial charge in [-0.15, -0.1) is 0 Å². The predicted molar refractivity (Wildman–Crippen MR) is 117 cm³/mol. The Morgan fingerprint density at radius 3 is 2.24 bits per heavy atom. The largest absolute Gasteiger partial charge is 0.496 e. The number of carbonyl (C=O) groups is 1. The normalized spacial score (nSPS) is 10.5. The maximum absolute atomic E-state index is 12.8. The third kappa shape index (κ3) is 4.77. The second-order valence-electron chi connectivity index (χ2n) is 7.28. The molecule has 0 aliphatic rings. The molecule has 1 amide bonds. The van der Waals surface area contributed by atoms with Gasteiger partial charge in [-0.1, -0.05) is 24.3 Å². The van der Waals surface area contributed by atoms with Crippen LogP contribution in [0.15, 0.2) is 54.6 Å². The number of nitrogens with one attached hydrogen (secondary N) is 1. The van der Waals surface area contributed by atoms with Crippen molar-refractivity contribution in [1.82, 2.24) is 0 Å². The van der Waals surface area contributed by atoms with Crippen molar-refractivity contribution in [2.75, 3.05) is 12.4 Å². The van der Waals surface area contributed by atoms with E-state index in [1.807, 2.05) is 56.3 Å². The Bertz CT molecular complexity index is 1020. The van der Waals surface area contributed by atoms with E-state index in [0.29, 0.717) is 17.9 Å². The first-order valence-corrected chi connectivity index (χ1v) is 9.63. The third-order valence-corrected chi connectivity index (χ3v) is 5.13. The summed E-state index contributed by atoms with van der Waals surface area (Å²) >= 11 is 0. The third-order valence-electron chi connectivity index (χ3n) is 5.13. The molecule has 0 atom stereocenters. The summed E-state index contributed by atoms with van der Waals surface area (Å²) in [5, 5.41) is 3.03. The van der Waals surface area contributed by atoms with Crippen molar-refractivity contribution in [2.24, 2.45) is 0 Å². The second-order valence-corrected chi connectivity index (χ2v) is 7.28. The number of amides is 1. The zero-order chi connectivity index (χ0) is 21.0. The van der Waals surface area contributed by atoms with E-state index in [1.165, 1.54) is 11.1 Å². The number of benzene rings is 3. The van der Waals surface area contributed by atoms with Crippen molar-refractivity contribution in [1.29, 1.82) is 0 Å². The lowest BCUT2D eigenvalue weighted by molar-refractivity contribution is 0.102. The summed E-state index contributed by atoms with van der Waals surface area (Å²) in [4.78, 5) is 12.8. The number of hydrogen-bond acceptors (Lipinski definition) is 3. The minimum atomic E-state index is -0.155. The molecule has 0 spiro atoms. The van der Waals surface area contributed by atoms with Crippen molar-refractivity contribution >= 4 is 11.6 Å². The van der Waals surface area contributed by atoms with Crippen LogP contribution < -0.4 is 14.8 Å². The quantitative estimate of drug-likeness (QED) is 0.583. The highest BCUT2D eigenvalue weighted by molar-refractivity contribution is 6.05. The van der Waals surface area contributed by atoms with Gasteiger partial charge in [-0.25, -0.2) is 0 Å². The maximum Gasteiger partial charge on any atom is 0.255 e. The summed E-state index contributed by atoms with van der Waals surface area (Å²) in [5.74, 6) is 1.33. The fraction of sp³-hybridized carbons (Fsp3) is 0.240. The number of carbonyl (C=O) groups excluding carboxylic acids is 1. The van der Waals surface area contributed by atoms with Gasteiger partial charge >= 0.3 is 0 Å². The fourth-order valence-electron chi connectivity index (χ4n) is 3.19. The Balaban J connectivity index is 1.80. The summed E-state index contributed by atoms with van der Waals surface area (Å²) in [6.45, 7) is 8.41. The van der Waals surface area contributed by atoms with Gasteiger partial charge in [0.25, 0.3) is 5.91 Å². The van der Waals surface area contributed by atoms with E-state index >= 15 is 0 Å². The monoisotopic (exact) mass is 389 g/mol. The van der Waals surface area contributed by atoms with Gasteiger partial charge in [0.1, 0.15) is 18.1 Å². The highest BCUT2D eigenvalue weighted by atomic mass is 16.5. The minimum Gasteiger partial charge on any atom is -0.496 e. The van der Waals surface area contributed by atoms with Crippen molar-refractivity contribution in [3.8, 4) is 11.5 Å². The number of para-hydroxylation sites is 1. The van der Waals surface area contributed by atoms with Crippen LogP contribution >= 0.6 is 0 Å². The number of anilines is 1.